The number of esters is 3. The number of carbonyl (C=O) groups excluding carboxylic acids is 3. The number of hydrogen-bond acceptors (Lipinski definition) is 12. The van der Waals surface area contributed by atoms with Crippen molar-refractivity contribution in [1.82, 2.24) is 4.90 Å². The number of carbonyl (C=O) groups is 3. The minimum atomic E-state index is -2.11. The third kappa shape index (κ3) is 5.31. The van der Waals surface area contributed by atoms with Crippen molar-refractivity contribution in [1.29, 1.82) is 0 Å². The molecule has 0 aromatic rings. The minimum Gasteiger partial charge on any atom is -0.459 e. The average molecular weight is 762 g/mol. The van der Waals surface area contributed by atoms with Gasteiger partial charge in [0.05, 0.1) is 11.5 Å². The second kappa shape index (κ2) is 13.1. The standard InChI is InChI=1S/C42H67NO11/c1-10-26(7)35(46)53-42-27-12-13-28-38(48)19-32(52-34(45)18-24(4)5)41(50)29(21-43-20-25(6)11-14-30(43)37(41,9)47)39(38,49)22-40(28,54-42)36(27,8)16-15-31(42)51-33(44)17-23(2)3/h23-32,47-50H,10-22H2,1-9H3/t25-,26?,27?,28-,29-,30-,31?,32?,36-,37+,38+,39+,40?,41-,42?/m0/s1. The first-order chi connectivity index (χ1) is 25.1. The van der Waals surface area contributed by atoms with Crippen molar-refractivity contribution in [3.63, 3.8) is 0 Å². The third-order valence-electron chi connectivity index (χ3n) is 16.0. The molecule has 7 fully saturated rings. The molecule has 4 saturated carbocycles. The summed E-state index contributed by atoms with van der Waals surface area (Å²) in [4.78, 5) is 42.8. The van der Waals surface area contributed by atoms with E-state index in [1.165, 1.54) is 0 Å². The molecule has 306 valence electrons. The first-order valence-corrected chi connectivity index (χ1v) is 21.0. The van der Waals surface area contributed by atoms with Crippen LogP contribution in [0.1, 0.15) is 133 Å². The maximum atomic E-state index is 13.8. The maximum Gasteiger partial charge on any atom is 0.311 e. The van der Waals surface area contributed by atoms with E-state index in [-0.39, 0.29) is 44.1 Å². The molecule has 3 aliphatic heterocycles. The van der Waals surface area contributed by atoms with Gasteiger partial charge < -0.3 is 39.4 Å². The molecule has 0 radical (unpaired) electrons. The SMILES string of the molecule is CCC(C)C(=O)OC12OC34C[C@@]5(O)[C@@H]6CN7C[C@@H](C)CC[C@H]7[C@@](C)(O)[C@@]6(O)C(OC(=O)CC(C)C)C[C@@]5(O)[C@@H]3CCC1[C@]4(C)CCC2OC(=O)CC(C)C. The number of rotatable bonds is 9. The highest BCUT2D eigenvalue weighted by Gasteiger charge is 2.90. The van der Waals surface area contributed by atoms with E-state index in [1.807, 2.05) is 34.6 Å². The summed E-state index contributed by atoms with van der Waals surface area (Å²) in [5.41, 5.74) is -9.88. The van der Waals surface area contributed by atoms with Crippen LogP contribution >= 0.6 is 0 Å². The van der Waals surface area contributed by atoms with Crippen molar-refractivity contribution < 1.29 is 53.8 Å². The lowest BCUT2D eigenvalue weighted by Gasteiger charge is -2.68. The predicted octanol–water partition coefficient (Wildman–Crippen LogP) is 4.27. The molecule has 0 aromatic heterocycles. The number of fused-ring (bicyclic) bond motifs is 5. The number of piperidine rings is 2. The van der Waals surface area contributed by atoms with E-state index < -0.39 is 99.0 Å². The maximum absolute atomic E-state index is 13.8. The van der Waals surface area contributed by atoms with Gasteiger partial charge in [0.25, 0.3) is 5.79 Å². The molecule has 6 unspecified atom stereocenters. The van der Waals surface area contributed by atoms with Gasteiger partial charge >= 0.3 is 17.9 Å². The highest BCUT2D eigenvalue weighted by atomic mass is 16.8. The number of hydrogen-bond donors (Lipinski definition) is 4. The first-order valence-electron chi connectivity index (χ1n) is 21.0. The zero-order valence-corrected chi connectivity index (χ0v) is 34.1. The van der Waals surface area contributed by atoms with Gasteiger partial charge in [-0.3, -0.25) is 19.3 Å². The quantitative estimate of drug-likeness (QED) is 0.195. The van der Waals surface area contributed by atoms with Crippen LogP contribution in [0.15, 0.2) is 0 Å². The van der Waals surface area contributed by atoms with Gasteiger partial charge in [0.2, 0.25) is 0 Å². The summed E-state index contributed by atoms with van der Waals surface area (Å²) in [7, 11) is 0. The Balaban J connectivity index is 1.37. The molecule has 12 heteroatoms. The molecule has 15 atom stereocenters. The van der Waals surface area contributed by atoms with Crippen LogP contribution in [-0.4, -0.2) is 108 Å². The Morgan fingerprint density at radius 1 is 0.796 bits per heavy atom. The zero-order chi connectivity index (χ0) is 39.6. The van der Waals surface area contributed by atoms with E-state index >= 15 is 0 Å². The van der Waals surface area contributed by atoms with Gasteiger partial charge in [-0.1, -0.05) is 55.4 Å². The second-order valence-corrected chi connectivity index (χ2v) is 20.1. The van der Waals surface area contributed by atoms with Crippen LogP contribution < -0.4 is 0 Å². The first kappa shape index (κ1) is 40.4. The molecule has 4 aliphatic carbocycles. The van der Waals surface area contributed by atoms with Gasteiger partial charge in [-0.2, -0.15) is 0 Å². The molecule has 54 heavy (non-hydrogen) atoms. The Morgan fingerprint density at radius 2 is 1.41 bits per heavy atom. The van der Waals surface area contributed by atoms with E-state index in [4.69, 9.17) is 18.9 Å². The Labute approximate surface area is 321 Å². The lowest BCUT2D eigenvalue weighted by atomic mass is 9.48. The van der Waals surface area contributed by atoms with Gasteiger partial charge in [-0.05, 0) is 69.6 Å². The summed E-state index contributed by atoms with van der Waals surface area (Å²) in [5, 5.41) is 52.9. The Hall–Kier alpha value is -1.83. The van der Waals surface area contributed by atoms with Gasteiger partial charge in [0.15, 0.2) is 6.10 Å². The van der Waals surface area contributed by atoms with Crippen LogP contribution in [0.5, 0.6) is 0 Å². The molecule has 3 heterocycles. The number of nitrogens with zero attached hydrogens (tertiary/aromatic N) is 1. The van der Waals surface area contributed by atoms with Crippen LogP contribution in [0, 0.1) is 46.8 Å². The fourth-order valence-corrected chi connectivity index (χ4v) is 13.2. The fraction of sp³-hybridized carbons (Fsp3) is 0.929. The Bertz CT molecular complexity index is 1520. The lowest BCUT2D eigenvalue weighted by Crippen LogP contribution is -2.85. The largest absolute Gasteiger partial charge is 0.459 e. The van der Waals surface area contributed by atoms with Gasteiger partial charge in [-0.25, -0.2) is 0 Å². The summed E-state index contributed by atoms with van der Waals surface area (Å²) >= 11 is 0. The van der Waals surface area contributed by atoms with Gasteiger partial charge in [0.1, 0.15) is 28.5 Å². The third-order valence-corrected chi connectivity index (χ3v) is 16.0. The van der Waals surface area contributed by atoms with Crippen molar-refractivity contribution in [3.8, 4) is 0 Å². The van der Waals surface area contributed by atoms with Gasteiger partial charge in [0, 0.05) is 68.0 Å². The van der Waals surface area contributed by atoms with Crippen molar-refractivity contribution in [2.75, 3.05) is 13.1 Å². The van der Waals surface area contributed by atoms with E-state index in [2.05, 4.69) is 18.7 Å². The Kier molecular flexibility index (Phi) is 9.79. The summed E-state index contributed by atoms with van der Waals surface area (Å²) in [5.74, 6) is -5.42. The molecule has 4 bridgehead atoms. The van der Waals surface area contributed by atoms with E-state index in [1.54, 1.807) is 13.8 Å². The van der Waals surface area contributed by atoms with Crippen LogP contribution in [-0.2, 0) is 33.3 Å². The molecule has 1 spiro atoms. The minimum absolute atomic E-state index is 0.0261. The number of ether oxygens (including phenoxy) is 4. The topological polar surface area (TPSA) is 172 Å². The van der Waals surface area contributed by atoms with E-state index in [9.17, 15) is 34.8 Å². The fourth-order valence-electron chi connectivity index (χ4n) is 13.2. The zero-order valence-electron chi connectivity index (χ0n) is 34.1. The van der Waals surface area contributed by atoms with Crippen LogP contribution in [0.3, 0.4) is 0 Å². The van der Waals surface area contributed by atoms with Crippen LogP contribution in [0.2, 0.25) is 0 Å². The lowest BCUT2D eigenvalue weighted by molar-refractivity contribution is -0.355. The summed E-state index contributed by atoms with van der Waals surface area (Å²) < 4.78 is 26.3. The van der Waals surface area contributed by atoms with Gasteiger partial charge in [-0.15, -0.1) is 0 Å². The molecule has 12 nitrogen and oxygen atoms in total. The van der Waals surface area contributed by atoms with Crippen LogP contribution in [0.4, 0.5) is 0 Å². The molecule has 7 rings (SSSR count). The molecular weight excluding hydrogens is 694 g/mol. The molecular formula is C42H67NO11. The number of aliphatic hydroxyl groups is 4. The highest BCUT2D eigenvalue weighted by Crippen LogP contribution is 2.79. The molecule has 0 aromatic carbocycles. The predicted molar refractivity (Wildman–Crippen MR) is 196 cm³/mol. The highest BCUT2D eigenvalue weighted by molar-refractivity contribution is 5.73. The van der Waals surface area contributed by atoms with Crippen molar-refractivity contribution >= 4 is 17.9 Å². The Morgan fingerprint density at radius 3 is 2.02 bits per heavy atom. The summed E-state index contributed by atoms with van der Waals surface area (Å²) in [6.07, 6.45) is 1.40. The smallest absolute Gasteiger partial charge is 0.311 e. The van der Waals surface area contributed by atoms with Crippen molar-refractivity contribution in [3.05, 3.63) is 0 Å². The van der Waals surface area contributed by atoms with Crippen LogP contribution in [0.25, 0.3) is 0 Å². The second-order valence-electron chi connectivity index (χ2n) is 20.1. The van der Waals surface area contributed by atoms with Crippen molar-refractivity contribution in [2.45, 2.75) is 185 Å². The van der Waals surface area contributed by atoms with E-state index in [0.29, 0.717) is 51.0 Å². The molecule has 3 saturated heterocycles. The molecule has 4 N–H and O–H groups in total. The summed E-state index contributed by atoms with van der Waals surface area (Å²) in [6, 6.07) is -0.453. The van der Waals surface area contributed by atoms with E-state index in [0.717, 1.165) is 6.42 Å². The average Bonchev–Trinajstić information content (AvgIpc) is 3.24. The normalized spacial score (nSPS) is 49.7. The summed E-state index contributed by atoms with van der Waals surface area (Å²) in [6.45, 7) is 18.0. The van der Waals surface area contributed by atoms with Crippen molar-refractivity contribution in [2.24, 2.45) is 46.8 Å². The monoisotopic (exact) mass is 761 g/mol. The molecule has 0 amide bonds. The molecule has 7 aliphatic rings.